The molecule has 0 radical (unpaired) electrons. The Morgan fingerprint density at radius 3 is 1.52 bits per heavy atom. The number of unbranched alkanes of at least 4 members (excludes halogenated alkanes) is 14. The molecule has 0 aliphatic heterocycles. The summed E-state index contributed by atoms with van der Waals surface area (Å²) in [6, 6.07) is 6.64. The van der Waals surface area contributed by atoms with Gasteiger partial charge in [-0.15, -0.1) is 0 Å². The Morgan fingerprint density at radius 2 is 1.11 bits per heavy atom. The van der Waals surface area contributed by atoms with Crippen LogP contribution in [-0.4, -0.2) is 17.7 Å². The van der Waals surface area contributed by atoms with Gasteiger partial charge in [0, 0.05) is 0 Å². The summed E-state index contributed by atoms with van der Waals surface area (Å²) in [5, 5.41) is 8.86. The van der Waals surface area contributed by atoms with Crippen LogP contribution in [0.1, 0.15) is 114 Å². The first kappa shape index (κ1) is 23.5. The lowest BCUT2D eigenvalue weighted by Crippen LogP contribution is -1.99. The lowest BCUT2D eigenvalue weighted by Gasteiger charge is -2.06. The van der Waals surface area contributed by atoms with E-state index in [2.05, 4.69) is 6.92 Å². The molecule has 0 unspecified atom stereocenters. The summed E-state index contributed by atoms with van der Waals surface area (Å²) in [7, 11) is 0. The van der Waals surface area contributed by atoms with Crippen molar-refractivity contribution in [1.82, 2.24) is 0 Å². The second-order valence-electron chi connectivity index (χ2n) is 7.63. The highest BCUT2D eigenvalue weighted by molar-refractivity contribution is 5.87. The van der Waals surface area contributed by atoms with Gasteiger partial charge in [-0.1, -0.05) is 96.8 Å². The molecule has 3 nitrogen and oxygen atoms in total. The molecule has 0 heterocycles. The molecule has 0 spiro atoms. The third-order valence-corrected chi connectivity index (χ3v) is 5.12. The number of hydrogen-bond donors (Lipinski definition) is 1. The molecule has 0 atom stereocenters. The van der Waals surface area contributed by atoms with Crippen molar-refractivity contribution in [2.45, 2.75) is 103 Å². The fraction of sp³-hybridized carbons (Fsp3) is 0.708. The summed E-state index contributed by atoms with van der Waals surface area (Å²) >= 11 is 0. The largest absolute Gasteiger partial charge is 0.494 e. The van der Waals surface area contributed by atoms with Crippen molar-refractivity contribution >= 4 is 5.97 Å². The van der Waals surface area contributed by atoms with Gasteiger partial charge in [0.25, 0.3) is 0 Å². The number of carboxylic acid groups (broad SMARTS) is 1. The molecular formula is C24H40O3. The average Bonchev–Trinajstić information content (AvgIpc) is 2.68. The molecule has 0 aliphatic rings. The molecule has 0 amide bonds. The maximum absolute atomic E-state index is 10.8. The number of benzene rings is 1. The van der Waals surface area contributed by atoms with E-state index >= 15 is 0 Å². The van der Waals surface area contributed by atoms with E-state index in [9.17, 15) is 4.79 Å². The SMILES string of the molecule is CCCCCCCCCCCCCCCCCOc1ccc(C(=O)O)cc1. The minimum atomic E-state index is -0.899. The van der Waals surface area contributed by atoms with Crippen LogP contribution < -0.4 is 4.74 Å². The Balaban J connectivity index is 1.81. The fourth-order valence-electron chi connectivity index (χ4n) is 3.36. The summed E-state index contributed by atoms with van der Waals surface area (Å²) < 4.78 is 5.66. The van der Waals surface area contributed by atoms with Crippen LogP contribution in [-0.2, 0) is 0 Å². The summed E-state index contributed by atoms with van der Waals surface area (Å²) in [5.74, 6) is -0.144. The Hall–Kier alpha value is -1.51. The zero-order valence-electron chi connectivity index (χ0n) is 17.4. The molecule has 0 bridgehead atoms. The fourth-order valence-corrected chi connectivity index (χ4v) is 3.36. The zero-order valence-corrected chi connectivity index (χ0v) is 17.4. The third-order valence-electron chi connectivity index (χ3n) is 5.12. The van der Waals surface area contributed by atoms with Crippen molar-refractivity contribution in [3.05, 3.63) is 29.8 Å². The van der Waals surface area contributed by atoms with Gasteiger partial charge in [0.05, 0.1) is 12.2 Å². The summed E-state index contributed by atoms with van der Waals surface area (Å²) in [4.78, 5) is 10.8. The average molecular weight is 377 g/mol. The maximum Gasteiger partial charge on any atom is 0.335 e. The van der Waals surface area contributed by atoms with E-state index in [1.54, 1.807) is 24.3 Å². The molecule has 0 aliphatic carbocycles. The van der Waals surface area contributed by atoms with Crippen molar-refractivity contribution in [2.75, 3.05) is 6.61 Å². The number of ether oxygens (including phenoxy) is 1. The van der Waals surface area contributed by atoms with E-state index < -0.39 is 5.97 Å². The third kappa shape index (κ3) is 13.3. The molecule has 3 heteroatoms. The van der Waals surface area contributed by atoms with Gasteiger partial charge in [-0.2, -0.15) is 0 Å². The number of aromatic carboxylic acids is 1. The summed E-state index contributed by atoms with van der Waals surface area (Å²) in [6.45, 7) is 2.99. The molecule has 1 N–H and O–H groups in total. The first-order chi connectivity index (χ1) is 13.2. The van der Waals surface area contributed by atoms with Crippen molar-refractivity contribution in [2.24, 2.45) is 0 Å². The minimum Gasteiger partial charge on any atom is -0.494 e. The maximum atomic E-state index is 10.8. The number of rotatable bonds is 18. The van der Waals surface area contributed by atoms with Gasteiger partial charge in [0.15, 0.2) is 0 Å². The van der Waals surface area contributed by atoms with Gasteiger partial charge >= 0.3 is 5.97 Å². The van der Waals surface area contributed by atoms with Crippen LogP contribution in [0.3, 0.4) is 0 Å². The first-order valence-corrected chi connectivity index (χ1v) is 11.2. The lowest BCUT2D eigenvalue weighted by atomic mass is 10.0. The summed E-state index contributed by atoms with van der Waals surface area (Å²) in [5.41, 5.74) is 0.300. The van der Waals surface area contributed by atoms with Gasteiger partial charge in [-0.05, 0) is 30.7 Å². The van der Waals surface area contributed by atoms with E-state index in [0.717, 1.165) is 12.2 Å². The normalized spacial score (nSPS) is 10.9. The molecule has 0 saturated heterocycles. The Kier molecular flexibility index (Phi) is 14.5. The van der Waals surface area contributed by atoms with Crippen LogP contribution in [0.5, 0.6) is 5.75 Å². The van der Waals surface area contributed by atoms with Crippen molar-refractivity contribution in [3.8, 4) is 5.75 Å². The molecular weight excluding hydrogens is 336 g/mol. The Morgan fingerprint density at radius 1 is 0.704 bits per heavy atom. The topological polar surface area (TPSA) is 46.5 Å². The summed E-state index contributed by atoms with van der Waals surface area (Å²) in [6.07, 6.45) is 20.4. The minimum absolute atomic E-state index is 0.300. The van der Waals surface area contributed by atoms with Crippen LogP contribution in [0.2, 0.25) is 0 Å². The smallest absolute Gasteiger partial charge is 0.335 e. The molecule has 154 valence electrons. The van der Waals surface area contributed by atoms with Crippen molar-refractivity contribution < 1.29 is 14.6 Å². The molecule has 27 heavy (non-hydrogen) atoms. The van der Waals surface area contributed by atoms with E-state index in [4.69, 9.17) is 9.84 Å². The molecule has 1 aromatic rings. The van der Waals surface area contributed by atoms with Gasteiger partial charge in [-0.3, -0.25) is 0 Å². The monoisotopic (exact) mass is 376 g/mol. The van der Waals surface area contributed by atoms with Gasteiger partial charge in [0.2, 0.25) is 0 Å². The van der Waals surface area contributed by atoms with Crippen molar-refractivity contribution in [3.63, 3.8) is 0 Å². The van der Waals surface area contributed by atoms with Crippen LogP contribution in [0, 0.1) is 0 Å². The van der Waals surface area contributed by atoms with Crippen molar-refractivity contribution in [1.29, 1.82) is 0 Å². The van der Waals surface area contributed by atoms with Gasteiger partial charge in [-0.25, -0.2) is 4.79 Å². The standard InChI is InChI=1S/C24H40O3/c1-2-3-4-5-6-7-8-9-10-11-12-13-14-15-16-21-27-23-19-17-22(18-20-23)24(25)26/h17-20H,2-16,21H2,1H3,(H,25,26). The van der Waals surface area contributed by atoms with Gasteiger partial charge < -0.3 is 9.84 Å². The Labute approximate surface area is 166 Å². The molecule has 0 fully saturated rings. The Bertz CT molecular complexity index is 467. The zero-order chi connectivity index (χ0) is 19.6. The van der Waals surface area contributed by atoms with E-state index in [-0.39, 0.29) is 0 Å². The molecule has 0 aromatic heterocycles. The lowest BCUT2D eigenvalue weighted by molar-refractivity contribution is 0.0697. The highest BCUT2D eigenvalue weighted by Gasteiger charge is 2.02. The number of hydrogen-bond acceptors (Lipinski definition) is 2. The second kappa shape index (κ2) is 16.6. The first-order valence-electron chi connectivity index (χ1n) is 11.2. The molecule has 1 rings (SSSR count). The molecule has 0 saturated carbocycles. The molecule has 1 aromatic carbocycles. The quantitative estimate of drug-likeness (QED) is 0.268. The number of carboxylic acids is 1. The van der Waals surface area contributed by atoms with Crippen LogP contribution in [0.4, 0.5) is 0 Å². The number of carbonyl (C=O) groups is 1. The highest BCUT2D eigenvalue weighted by atomic mass is 16.5. The van der Waals surface area contributed by atoms with E-state index in [0.29, 0.717) is 12.2 Å². The van der Waals surface area contributed by atoms with E-state index in [1.807, 2.05) is 0 Å². The van der Waals surface area contributed by atoms with Crippen LogP contribution in [0.25, 0.3) is 0 Å². The van der Waals surface area contributed by atoms with Gasteiger partial charge in [0.1, 0.15) is 5.75 Å². The van der Waals surface area contributed by atoms with E-state index in [1.165, 1.54) is 89.9 Å². The van der Waals surface area contributed by atoms with Crippen LogP contribution >= 0.6 is 0 Å². The van der Waals surface area contributed by atoms with Crippen LogP contribution in [0.15, 0.2) is 24.3 Å². The predicted molar refractivity (Wildman–Crippen MR) is 114 cm³/mol. The highest BCUT2D eigenvalue weighted by Crippen LogP contribution is 2.15. The second-order valence-corrected chi connectivity index (χ2v) is 7.63. The predicted octanol–water partition coefficient (Wildman–Crippen LogP) is 7.64.